The van der Waals surface area contributed by atoms with Crippen molar-refractivity contribution in [3.8, 4) is 0 Å². The molecule has 0 bridgehead atoms. The molecule has 1 heteroatoms. The largest absolute Gasteiger partial charge is 0.0619 e. The number of benzene rings is 1. The molecule has 0 amide bonds. The molecule has 0 radical (unpaired) electrons. The maximum absolute atomic E-state index is 7.53. The molecule has 0 saturated heterocycles. The molecule has 48 valence electrons. The molecule has 1 rings (SSSR count). The van der Waals surface area contributed by atoms with Gasteiger partial charge in [-0.3, -0.25) is 0 Å². The van der Waals surface area contributed by atoms with E-state index < -0.39 is 13.2 Å². The Bertz CT molecular complexity index is 331. The summed E-state index contributed by atoms with van der Waals surface area (Å²) in [5.74, 6) is 0. The molecule has 9 heavy (non-hydrogen) atoms. The number of rotatable bonds is 1. The molecular weight excluding hydrogens is 176 g/mol. The van der Waals surface area contributed by atoms with Gasteiger partial charge in [-0.05, 0) is 18.0 Å². The highest BCUT2D eigenvalue weighted by Crippen LogP contribution is 2.15. The molecule has 0 spiro atoms. The lowest BCUT2D eigenvalue weighted by atomic mass is 10.2. The zero-order chi connectivity index (χ0) is 11.0. The molecule has 0 N–H and O–H groups in total. The Balaban J connectivity index is 3.23. The number of hydrogen-bond acceptors (Lipinski definition) is 0. The van der Waals surface area contributed by atoms with Crippen molar-refractivity contribution < 1.29 is 6.85 Å². The highest BCUT2D eigenvalue weighted by atomic mass is 79.9. The van der Waals surface area contributed by atoms with E-state index in [1.807, 2.05) is 0 Å². The molecule has 0 atom stereocenters. The fraction of sp³-hybridized carbons (Fsp3) is 0.250. The zero-order valence-corrected chi connectivity index (χ0v) is 6.27. The average Bonchev–Trinajstić information content (AvgIpc) is 2.02. The molecule has 0 unspecified atom stereocenters. The first kappa shape index (κ1) is 2.75. The number of halogens is 1. The fourth-order valence-electron chi connectivity index (χ4n) is 0.563. The lowest BCUT2D eigenvalue weighted by molar-refractivity contribution is 1.13. The van der Waals surface area contributed by atoms with Gasteiger partial charge in [0.25, 0.3) is 0 Å². The van der Waals surface area contributed by atoms with Crippen LogP contribution in [0.5, 0.6) is 0 Å². The molecule has 0 nitrogen and oxygen atoms in total. The summed E-state index contributed by atoms with van der Waals surface area (Å²) in [7, 11) is 0. The smallest absolute Gasteiger partial charge is 0.0314 e. The molecule has 1 aromatic rings. The predicted molar refractivity (Wildman–Crippen MR) is 43.5 cm³/mol. The lowest BCUT2D eigenvalue weighted by Crippen LogP contribution is -1.78. The Morgan fingerprint density at radius 2 is 2.44 bits per heavy atom. The summed E-state index contributed by atoms with van der Waals surface area (Å²) in [5.41, 5.74) is 0.153. The normalized spacial score (nSPS) is 20.8. The summed E-state index contributed by atoms with van der Waals surface area (Å²) < 4.78 is 36.9. The first-order valence-corrected chi connectivity index (χ1v) is 3.31. The second-order valence-electron chi connectivity index (χ2n) is 1.60. The first-order valence-electron chi connectivity index (χ1n) is 5.02. The van der Waals surface area contributed by atoms with Crippen LogP contribution in [0.1, 0.15) is 19.3 Å². The van der Waals surface area contributed by atoms with Crippen LogP contribution in [0.3, 0.4) is 0 Å². The van der Waals surface area contributed by atoms with Crippen LogP contribution >= 0.6 is 15.9 Å². The summed E-state index contributed by atoms with van der Waals surface area (Å²) in [5, 5.41) is 0. The number of aryl methyl sites for hydroxylation is 1. The Kier molecular flexibility index (Phi) is 0.922. The molecular formula is C8H9Br. The SMILES string of the molecule is [2H]C([2H])([2H])C([2H])([2H])c1ccccc1Br. The topological polar surface area (TPSA) is 0 Å². The molecule has 0 aliphatic rings. The standard InChI is InChI=1S/C8H9Br/c1-2-7-5-3-4-6-8(7)9/h3-6H,2H2,1H3/i1D3,2D2. The van der Waals surface area contributed by atoms with E-state index in [0.29, 0.717) is 4.47 Å². The summed E-state index contributed by atoms with van der Waals surface area (Å²) in [6.07, 6.45) is -2.33. The van der Waals surface area contributed by atoms with Crippen molar-refractivity contribution >= 4 is 15.9 Å². The zero-order valence-electron chi connectivity index (χ0n) is 9.69. The Labute approximate surface area is 71.1 Å². The van der Waals surface area contributed by atoms with Crippen LogP contribution in [0.2, 0.25) is 0 Å². The van der Waals surface area contributed by atoms with Gasteiger partial charge >= 0.3 is 0 Å². The highest BCUT2D eigenvalue weighted by molar-refractivity contribution is 9.10. The molecule has 0 heterocycles. The van der Waals surface area contributed by atoms with E-state index in [1.165, 1.54) is 6.07 Å². The first-order chi connectivity index (χ1) is 6.27. The van der Waals surface area contributed by atoms with E-state index in [4.69, 9.17) is 6.85 Å². The van der Waals surface area contributed by atoms with Gasteiger partial charge in [0.05, 0.1) is 0 Å². The van der Waals surface area contributed by atoms with Crippen molar-refractivity contribution in [1.29, 1.82) is 0 Å². The van der Waals surface area contributed by atoms with Gasteiger partial charge in [0.2, 0.25) is 0 Å². The van der Waals surface area contributed by atoms with Gasteiger partial charge in [0.1, 0.15) is 0 Å². The van der Waals surface area contributed by atoms with Crippen molar-refractivity contribution in [2.45, 2.75) is 13.2 Å². The van der Waals surface area contributed by atoms with E-state index >= 15 is 0 Å². The maximum atomic E-state index is 7.53. The van der Waals surface area contributed by atoms with Crippen LogP contribution in [0, 0.1) is 0 Å². The minimum Gasteiger partial charge on any atom is -0.0619 e. The lowest BCUT2D eigenvalue weighted by Gasteiger charge is -1.96. The van der Waals surface area contributed by atoms with Crippen LogP contribution in [0.4, 0.5) is 0 Å². The summed E-state index contributed by atoms with van der Waals surface area (Å²) in [6, 6.07) is 6.42. The van der Waals surface area contributed by atoms with Gasteiger partial charge in [0.15, 0.2) is 0 Å². The fourth-order valence-corrected chi connectivity index (χ4v) is 0.946. The van der Waals surface area contributed by atoms with Gasteiger partial charge in [-0.15, -0.1) is 0 Å². The maximum Gasteiger partial charge on any atom is 0.0314 e. The Morgan fingerprint density at radius 3 is 3.11 bits per heavy atom. The van der Waals surface area contributed by atoms with Crippen molar-refractivity contribution in [2.24, 2.45) is 0 Å². The van der Waals surface area contributed by atoms with Crippen molar-refractivity contribution in [3.05, 3.63) is 34.3 Å². The van der Waals surface area contributed by atoms with E-state index in [0.717, 1.165) is 0 Å². The molecule has 0 aliphatic carbocycles. The van der Waals surface area contributed by atoms with Crippen molar-refractivity contribution in [1.82, 2.24) is 0 Å². The third-order valence-electron chi connectivity index (χ3n) is 1.01. The van der Waals surface area contributed by atoms with Crippen molar-refractivity contribution in [2.75, 3.05) is 0 Å². The predicted octanol–water partition coefficient (Wildman–Crippen LogP) is 3.01. The second kappa shape index (κ2) is 3.02. The van der Waals surface area contributed by atoms with Crippen LogP contribution in [0.25, 0.3) is 0 Å². The highest BCUT2D eigenvalue weighted by Gasteiger charge is 1.91. The van der Waals surface area contributed by atoms with E-state index in [9.17, 15) is 0 Å². The van der Waals surface area contributed by atoms with Crippen LogP contribution in [-0.4, -0.2) is 0 Å². The van der Waals surface area contributed by atoms with Gasteiger partial charge in [-0.25, -0.2) is 0 Å². The molecule has 0 saturated carbocycles. The summed E-state index contributed by atoms with van der Waals surface area (Å²) in [4.78, 5) is 0. The van der Waals surface area contributed by atoms with Crippen molar-refractivity contribution in [3.63, 3.8) is 0 Å². The van der Waals surface area contributed by atoms with E-state index in [2.05, 4.69) is 15.9 Å². The number of hydrogen-bond donors (Lipinski definition) is 0. The summed E-state index contributed by atoms with van der Waals surface area (Å²) in [6.45, 7) is -2.66. The molecule has 1 aromatic carbocycles. The molecule has 0 aromatic heterocycles. The van der Waals surface area contributed by atoms with Gasteiger partial charge in [-0.1, -0.05) is 41.0 Å². The monoisotopic (exact) mass is 189 g/mol. The van der Waals surface area contributed by atoms with Crippen LogP contribution in [-0.2, 0) is 6.37 Å². The Hall–Kier alpha value is -0.300. The summed E-state index contributed by atoms with van der Waals surface area (Å²) >= 11 is 3.13. The molecule has 0 aliphatic heterocycles. The molecule has 0 fully saturated rings. The van der Waals surface area contributed by atoms with E-state index in [-0.39, 0.29) is 5.56 Å². The third-order valence-corrected chi connectivity index (χ3v) is 1.70. The minimum absolute atomic E-state index is 0.153. The Morgan fingerprint density at radius 1 is 1.67 bits per heavy atom. The van der Waals surface area contributed by atoms with Crippen LogP contribution < -0.4 is 0 Å². The van der Waals surface area contributed by atoms with Gasteiger partial charge in [0, 0.05) is 11.3 Å². The van der Waals surface area contributed by atoms with Gasteiger partial charge in [-0.2, -0.15) is 0 Å². The van der Waals surface area contributed by atoms with E-state index in [1.54, 1.807) is 18.2 Å². The quantitative estimate of drug-likeness (QED) is 0.638. The van der Waals surface area contributed by atoms with Gasteiger partial charge < -0.3 is 0 Å². The van der Waals surface area contributed by atoms with Crippen LogP contribution in [0.15, 0.2) is 28.7 Å². The third kappa shape index (κ3) is 1.55. The average molecular weight is 190 g/mol. The second-order valence-corrected chi connectivity index (χ2v) is 2.46. The minimum atomic E-state index is -2.66.